The molecule has 21 heavy (non-hydrogen) atoms. The van der Waals surface area contributed by atoms with Gasteiger partial charge in [0.1, 0.15) is 5.75 Å². The SMILES string of the molecule is COc1cccc(C(O)CNC(=O)C2(C)CCCN2)c1.Cl. The van der Waals surface area contributed by atoms with Crippen LogP contribution in [0.4, 0.5) is 0 Å². The van der Waals surface area contributed by atoms with Crippen LogP contribution in [-0.2, 0) is 4.79 Å². The lowest BCUT2D eigenvalue weighted by molar-refractivity contribution is -0.127. The van der Waals surface area contributed by atoms with E-state index < -0.39 is 11.6 Å². The Morgan fingerprint density at radius 2 is 2.33 bits per heavy atom. The van der Waals surface area contributed by atoms with Gasteiger partial charge in [-0.1, -0.05) is 12.1 Å². The number of hydrogen-bond donors (Lipinski definition) is 3. The van der Waals surface area contributed by atoms with Gasteiger partial charge in [-0.05, 0) is 44.0 Å². The number of aliphatic hydroxyl groups excluding tert-OH is 1. The molecule has 2 rings (SSSR count). The summed E-state index contributed by atoms with van der Waals surface area (Å²) in [6.45, 7) is 2.96. The first-order valence-corrected chi connectivity index (χ1v) is 6.90. The van der Waals surface area contributed by atoms with Gasteiger partial charge < -0.3 is 20.5 Å². The summed E-state index contributed by atoms with van der Waals surface area (Å²) in [6.07, 6.45) is 1.09. The van der Waals surface area contributed by atoms with Gasteiger partial charge in [0.25, 0.3) is 0 Å². The lowest BCUT2D eigenvalue weighted by Crippen LogP contribution is -2.51. The highest BCUT2D eigenvalue weighted by atomic mass is 35.5. The lowest BCUT2D eigenvalue weighted by atomic mass is 9.99. The number of rotatable bonds is 5. The van der Waals surface area contributed by atoms with Gasteiger partial charge in [0.15, 0.2) is 0 Å². The molecule has 1 aliphatic heterocycles. The fourth-order valence-electron chi connectivity index (χ4n) is 2.44. The molecule has 1 aliphatic rings. The molecule has 1 saturated heterocycles. The van der Waals surface area contributed by atoms with Crippen LogP contribution in [0.5, 0.6) is 5.75 Å². The molecule has 0 bridgehead atoms. The Bertz CT molecular complexity index is 476. The average molecular weight is 315 g/mol. The van der Waals surface area contributed by atoms with E-state index in [1.807, 2.05) is 25.1 Å². The lowest BCUT2D eigenvalue weighted by Gasteiger charge is -2.24. The van der Waals surface area contributed by atoms with E-state index in [1.54, 1.807) is 13.2 Å². The zero-order valence-corrected chi connectivity index (χ0v) is 13.2. The topological polar surface area (TPSA) is 70.6 Å². The largest absolute Gasteiger partial charge is 0.497 e. The molecule has 5 nitrogen and oxygen atoms in total. The third-order valence-corrected chi connectivity index (χ3v) is 3.80. The molecule has 2 unspecified atom stereocenters. The molecule has 0 spiro atoms. The maximum Gasteiger partial charge on any atom is 0.240 e. The minimum atomic E-state index is -0.737. The molecule has 118 valence electrons. The number of methoxy groups -OCH3 is 1. The molecule has 0 radical (unpaired) electrons. The van der Waals surface area contributed by atoms with Crippen LogP contribution in [-0.4, -0.2) is 36.8 Å². The van der Waals surface area contributed by atoms with Gasteiger partial charge in [-0.15, -0.1) is 12.4 Å². The van der Waals surface area contributed by atoms with E-state index in [1.165, 1.54) is 0 Å². The zero-order valence-electron chi connectivity index (χ0n) is 12.4. The Morgan fingerprint density at radius 1 is 1.57 bits per heavy atom. The molecule has 6 heteroatoms. The minimum absolute atomic E-state index is 0. The van der Waals surface area contributed by atoms with E-state index >= 15 is 0 Å². The van der Waals surface area contributed by atoms with Crippen molar-refractivity contribution in [3.63, 3.8) is 0 Å². The normalized spacial score (nSPS) is 22.2. The summed E-state index contributed by atoms with van der Waals surface area (Å²) >= 11 is 0. The monoisotopic (exact) mass is 314 g/mol. The first-order valence-electron chi connectivity index (χ1n) is 6.90. The molecule has 3 N–H and O–H groups in total. The van der Waals surface area contributed by atoms with Crippen molar-refractivity contribution in [1.82, 2.24) is 10.6 Å². The van der Waals surface area contributed by atoms with Crippen molar-refractivity contribution in [3.05, 3.63) is 29.8 Å². The summed E-state index contributed by atoms with van der Waals surface area (Å²) in [5.74, 6) is 0.634. The van der Waals surface area contributed by atoms with Crippen molar-refractivity contribution in [2.45, 2.75) is 31.4 Å². The summed E-state index contributed by atoms with van der Waals surface area (Å²) in [5.41, 5.74) is 0.225. The number of aliphatic hydroxyl groups is 1. The van der Waals surface area contributed by atoms with Gasteiger partial charge in [0, 0.05) is 6.54 Å². The fraction of sp³-hybridized carbons (Fsp3) is 0.533. The average Bonchev–Trinajstić information content (AvgIpc) is 2.92. The predicted molar refractivity (Wildman–Crippen MR) is 83.9 cm³/mol. The van der Waals surface area contributed by atoms with Crippen molar-refractivity contribution in [1.29, 1.82) is 0 Å². The van der Waals surface area contributed by atoms with Crippen LogP contribution in [0.2, 0.25) is 0 Å². The summed E-state index contributed by atoms with van der Waals surface area (Å²) in [5, 5.41) is 16.1. The van der Waals surface area contributed by atoms with Crippen molar-refractivity contribution in [3.8, 4) is 5.75 Å². The number of ether oxygens (including phenoxy) is 1. The molecule has 1 aromatic carbocycles. The molecular weight excluding hydrogens is 292 g/mol. The molecule has 1 amide bonds. The van der Waals surface area contributed by atoms with Gasteiger partial charge in [-0.25, -0.2) is 0 Å². The highest BCUT2D eigenvalue weighted by molar-refractivity contribution is 5.86. The number of carbonyl (C=O) groups excluding carboxylic acids is 1. The quantitative estimate of drug-likeness (QED) is 0.768. The van der Waals surface area contributed by atoms with Crippen LogP contribution >= 0.6 is 12.4 Å². The van der Waals surface area contributed by atoms with Crippen LogP contribution in [0.1, 0.15) is 31.4 Å². The second kappa shape index (κ2) is 7.64. The number of nitrogens with one attached hydrogen (secondary N) is 2. The van der Waals surface area contributed by atoms with Gasteiger partial charge in [-0.2, -0.15) is 0 Å². The molecule has 1 fully saturated rings. The molecular formula is C15H23ClN2O3. The smallest absolute Gasteiger partial charge is 0.240 e. The van der Waals surface area contributed by atoms with Crippen molar-refractivity contribution in [2.24, 2.45) is 0 Å². The maximum atomic E-state index is 12.1. The van der Waals surface area contributed by atoms with Crippen molar-refractivity contribution < 1.29 is 14.6 Å². The van der Waals surface area contributed by atoms with E-state index in [0.717, 1.165) is 24.9 Å². The Kier molecular flexibility index (Phi) is 6.45. The molecule has 0 saturated carbocycles. The number of halogens is 1. The van der Waals surface area contributed by atoms with Crippen LogP contribution in [0.25, 0.3) is 0 Å². The first-order chi connectivity index (χ1) is 9.55. The standard InChI is InChI=1S/C15H22N2O3.ClH/c1-15(7-4-8-17-15)14(19)16-10-13(18)11-5-3-6-12(9-11)20-2;/h3,5-6,9,13,17-18H,4,7-8,10H2,1-2H3,(H,16,19);1H. The third-order valence-electron chi connectivity index (χ3n) is 3.80. The van der Waals surface area contributed by atoms with Crippen LogP contribution < -0.4 is 15.4 Å². The van der Waals surface area contributed by atoms with E-state index in [0.29, 0.717) is 5.75 Å². The molecule has 0 aliphatic carbocycles. The summed E-state index contributed by atoms with van der Waals surface area (Å²) in [7, 11) is 1.58. The number of hydrogen-bond acceptors (Lipinski definition) is 4. The van der Waals surface area contributed by atoms with E-state index in [-0.39, 0.29) is 24.9 Å². The van der Waals surface area contributed by atoms with Crippen LogP contribution in [0.15, 0.2) is 24.3 Å². The fourth-order valence-corrected chi connectivity index (χ4v) is 2.44. The van der Waals surface area contributed by atoms with E-state index in [9.17, 15) is 9.90 Å². The Balaban J connectivity index is 0.00000220. The highest BCUT2D eigenvalue weighted by Gasteiger charge is 2.35. The van der Waals surface area contributed by atoms with Crippen LogP contribution in [0, 0.1) is 0 Å². The maximum absolute atomic E-state index is 12.1. The number of benzene rings is 1. The summed E-state index contributed by atoms with van der Waals surface area (Å²) < 4.78 is 5.12. The van der Waals surface area contributed by atoms with Gasteiger partial charge in [-0.3, -0.25) is 4.79 Å². The second-order valence-electron chi connectivity index (χ2n) is 5.36. The van der Waals surface area contributed by atoms with Gasteiger partial charge in [0.05, 0.1) is 18.8 Å². The molecule has 1 aromatic rings. The molecule has 0 aromatic heterocycles. The van der Waals surface area contributed by atoms with Gasteiger partial charge in [0.2, 0.25) is 5.91 Å². The van der Waals surface area contributed by atoms with Gasteiger partial charge >= 0.3 is 0 Å². The minimum Gasteiger partial charge on any atom is -0.497 e. The van der Waals surface area contributed by atoms with E-state index in [4.69, 9.17) is 4.74 Å². The Hall–Kier alpha value is -1.30. The molecule has 2 atom stereocenters. The number of carbonyl (C=O) groups is 1. The van der Waals surface area contributed by atoms with Crippen molar-refractivity contribution in [2.75, 3.05) is 20.2 Å². The van der Waals surface area contributed by atoms with E-state index in [2.05, 4.69) is 10.6 Å². The molecule has 1 heterocycles. The first kappa shape index (κ1) is 17.8. The Labute approximate surface area is 131 Å². The number of amides is 1. The van der Waals surface area contributed by atoms with Crippen molar-refractivity contribution >= 4 is 18.3 Å². The summed E-state index contributed by atoms with van der Waals surface area (Å²) in [6, 6.07) is 7.22. The second-order valence-corrected chi connectivity index (χ2v) is 5.36. The van der Waals surface area contributed by atoms with Crippen LogP contribution in [0.3, 0.4) is 0 Å². The predicted octanol–water partition coefficient (Wildman–Crippen LogP) is 1.41. The zero-order chi connectivity index (χ0) is 14.6. The Morgan fingerprint density at radius 3 is 2.95 bits per heavy atom. The third kappa shape index (κ3) is 4.33. The highest BCUT2D eigenvalue weighted by Crippen LogP contribution is 2.20. The summed E-state index contributed by atoms with van der Waals surface area (Å²) in [4.78, 5) is 12.1.